The minimum atomic E-state index is -0.748. The molecule has 16 heteroatoms. The zero-order chi connectivity index (χ0) is 67.1. The fourth-order valence-electron chi connectivity index (χ4n) is 26.6. The second-order valence-electron chi connectivity index (χ2n) is 35.2. The van der Waals surface area contributed by atoms with Crippen molar-refractivity contribution in [3.63, 3.8) is 0 Å². The van der Waals surface area contributed by atoms with Crippen LogP contribution in [-0.4, -0.2) is 139 Å². The summed E-state index contributed by atoms with van der Waals surface area (Å²) in [7, 11) is 2.87. The topological polar surface area (TPSA) is 278 Å². The molecule has 526 valence electrons. The average Bonchev–Trinajstić information content (AvgIpc) is 1.35. The van der Waals surface area contributed by atoms with Crippen LogP contribution in [0.3, 0.4) is 0 Å². The molecule has 9 N–H and O–H groups in total. The summed E-state index contributed by atoms with van der Waals surface area (Å²) < 4.78 is 15.2. The van der Waals surface area contributed by atoms with Crippen LogP contribution in [0.1, 0.15) is 243 Å². The SMILES string of the molecule is COC(=O)CC[C@@H](C)[C@H]1CC[C@H]2[C@@H]3[C@H](O)C[C@@H]4C[C@H](O)CC[C@]4(C)[C@H]3C[C@H](O)[C@]12C.COC(=O)CC[C@@H](C)[C@H]1CC[C@H]2[C@@H]3[C@H](O)C[C@@H]4C[C@H](OC(C)=O)CC[C@]4(C)[C@H]3C[C@H](O)[C@]12C.C[C@H](CCC(=O)O)[C@H]1CC[C@H]2[C@@H]3[C@H](O)C[C@@H]4C[C@H](O)CC[C@]4(C)[C@H]3C[C@H](O)[C@]12C. The highest BCUT2D eigenvalue weighted by atomic mass is 16.5. The van der Waals surface area contributed by atoms with Gasteiger partial charge in [0.2, 0.25) is 0 Å². The molecule has 12 rings (SSSR count). The molecule has 0 bridgehead atoms. The van der Waals surface area contributed by atoms with Gasteiger partial charge >= 0.3 is 23.9 Å². The maximum Gasteiger partial charge on any atom is 0.305 e. The number of methoxy groups -OCH3 is 2. The van der Waals surface area contributed by atoms with E-state index in [1.54, 1.807) is 0 Å². The first-order valence-corrected chi connectivity index (χ1v) is 37.2. The van der Waals surface area contributed by atoms with E-state index < -0.39 is 18.2 Å². The molecule has 92 heavy (non-hydrogen) atoms. The molecule has 0 saturated heterocycles. The lowest BCUT2D eigenvalue weighted by molar-refractivity contribution is -0.209. The predicted molar refractivity (Wildman–Crippen MR) is 348 cm³/mol. The molecule has 0 aliphatic heterocycles. The molecule has 0 aromatic carbocycles. The van der Waals surface area contributed by atoms with Crippen molar-refractivity contribution in [2.75, 3.05) is 14.2 Å². The molecule has 0 radical (unpaired) electrons. The van der Waals surface area contributed by atoms with Crippen molar-refractivity contribution in [3.05, 3.63) is 0 Å². The first-order valence-electron chi connectivity index (χ1n) is 37.2. The van der Waals surface area contributed by atoms with Crippen LogP contribution < -0.4 is 0 Å². The Morgan fingerprint density at radius 1 is 0.413 bits per heavy atom. The van der Waals surface area contributed by atoms with E-state index in [1.807, 2.05) is 0 Å². The summed E-state index contributed by atoms with van der Waals surface area (Å²) in [6.07, 6.45) is 19.2. The molecule has 0 aromatic rings. The number of carbonyl (C=O) groups is 4. The van der Waals surface area contributed by atoms with E-state index in [9.17, 15) is 60.0 Å². The molecule has 12 aliphatic carbocycles. The number of fused-ring (bicyclic) bond motifs is 15. The van der Waals surface area contributed by atoms with Gasteiger partial charge in [-0.05, 0) is 293 Å². The van der Waals surface area contributed by atoms with Crippen LogP contribution in [0.2, 0.25) is 0 Å². The summed E-state index contributed by atoms with van der Waals surface area (Å²) in [5.74, 6) is 4.22. The van der Waals surface area contributed by atoms with Gasteiger partial charge in [0.15, 0.2) is 0 Å². The van der Waals surface area contributed by atoms with Crippen LogP contribution in [-0.2, 0) is 33.4 Å². The van der Waals surface area contributed by atoms with Crippen LogP contribution >= 0.6 is 0 Å². The number of rotatable bonds is 13. The van der Waals surface area contributed by atoms with E-state index >= 15 is 0 Å². The summed E-state index contributed by atoms with van der Waals surface area (Å²) in [5, 5.41) is 98.2. The Balaban J connectivity index is 0.000000152. The van der Waals surface area contributed by atoms with E-state index in [4.69, 9.17) is 19.3 Å². The maximum atomic E-state index is 11.7. The Labute approximate surface area is 551 Å². The van der Waals surface area contributed by atoms with Crippen molar-refractivity contribution in [1.82, 2.24) is 0 Å². The predicted octanol–water partition coefficient (Wildman–Crippen LogP) is 11.1. The second kappa shape index (κ2) is 27.7. The first-order chi connectivity index (χ1) is 43.2. The lowest BCUT2D eigenvalue weighted by Gasteiger charge is -2.63. The largest absolute Gasteiger partial charge is 0.481 e. The summed E-state index contributed by atoms with van der Waals surface area (Å²) in [6.45, 7) is 21.9. The van der Waals surface area contributed by atoms with Gasteiger partial charge in [-0.1, -0.05) is 62.3 Å². The molecule has 0 unspecified atom stereocenters. The number of ether oxygens (including phenoxy) is 3. The fraction of sp³-hybridized carbons (Fsp3) is 0.947. The molecular formula is C76H126O16. The van der Waals surface area contributed by atoms with Gasteiger partial charge in [0, 0.05) is 26.2 Å². The average molecular weight is 1300 g/mol. The monoisotopic (exact) mass is 1290 g/mol. The highest BCUT2D eigenvalue weighted by Gasteiger charge is 2.69. The van der Waals surface area contributed by atoms with Gasteiger partial charge in [-0.3, -0.25) is 19.2 Å². The summed E-state index contributed by atoms with van der Waals surface area (Å²) >= 11 is 0. The minimum Gasteiger partial charge on any atom is -0.481 e. The molecule has 12 saturated carbocycles. The zero-order valence-corrected chi connectivity index (χ0v) is 58.6. The number of aliphatic hydroxyl groups is 8. The molecule has 0 heterocycles. The van der Waals surface area contributed by atoms with Gasteiger partial charge in [-0.15, -0.1) is 0 Å². The van der Waals surface area contributed by atoms with Gasteiger partial charge in [-0.2, -0.15) is 0 Å². The number of aliphatic hydroxyl groups excluding tert-OH is 8. The standard InChI is InChI=1S/C27H44O6.C25H42O5.C24H40O5/c1-15(6-9-24(31)32-5)19-7-8-20-25-21(14-23(30)27(19,20)4)26(3)11-10-18(33-16(2)28)12-17(26)13-22(25)29;1-14(5-8-22(29)30-4)17-6-7-18-23-19(13-21(28)25(17,18)3)24(2)10-9-16(26)11-15(24)12-20(23)27;1-13(4-7-21(28)29)16-5-6-17-22-18(12-20(27)24(16,17)3)23(2)9-8-15(25)10-14(23)11-19(22)26/h15,17-23,25,29-30H,6-14H2,1-5H3;14-21,23,26-28H,5-13H2,1-4H3;13-20,22,25-27H,4-12H2,1-3H3,(H,28,29)/t15-,17+,18-,19-,20+,21+,22-,23+,25+,26+,27-;14-,15+,16-,17-,18+,19+,20-,21+,23+,24+,25-;13-,14+,15-,16-,17+,18+,19-,20+,22+,23+,24-/m111/s1. The van der Waals surface area contributed by atoms with Crippen LogP contribution in [0.4, 0.5) is 0 Å². The third-order valence-corrected chi connectivity index (χ3v) is 31.8. The molecule has 12 aliphatic rings. The number of carboxylic acids is 1. The lowest BCUT2D eigenvalue weighted by Crippen LogP contribution is -2.62. The number of aliphatic carboxylic acids is 1. The van der Waals surface area contributed by atoms with Crippen LogP contribution in [0, 0.1) is 139 Å². The molecule has 0 amide bonds. The van der Waals surface area contributed by atoms with Crippen molar-refractivity contribution in [2.24, 2.45) is 139 Å². The normalized spacial score (nSPS) is 50.5. The molecule has 33 atom stereocenters. The van der Waals surface area contributed by atoms with Crippen molar-refractivity contribution in [3.8, 4) is 0 Å². The van der Waals surface area contributed by atoms with Crippen LogP contribution in [0.5, 0.6) is 0 Å². The van der Waals surface area contributed by atoms with Crippen molar-refractivity contribution < 1.29 is 79.3 Å². The third kappa shape index (κ3) is 12.7. The number of hydrogen-bond acceptors (Lipinski definition) is 15. The Morgan fingerprint density at radius 3 is 1.04 bits per heavy atom. The summed E-state index contributed by atoms with van der Waals surface area (Å²) in [6, 6.07) is 0. The molecule has 0 spiro atoms. The van der Waals surface area contributed by atoms with E-state index in [2.05, 4.69) is 62.3 Å². The second-order valence-corrected chi connectivity index (χ2v) is 35.2. The number of esters is 3. The Kier molecular flexibility index (Phi) is 21.8. The summed E-state index contributed by atoms with van der Waals surface area (Å²) in [4.78, 5) is 45.9. The van der Waals surface area contributed by atoms with Crippen LogP contribution in [0.15, 0.2) is 0 Å². The number of carboxylic acid groups (broad SMARTS) is 1. The Hall–Kier alpha value is -2.44. The van der Waals surface area contributed by atoms with Crippen molar-refractivity contribution in [2.45, 2.75) is 298 Å². The van der Waals surface area contributed by atoms with Gasteiger partial charge < -0.3 is 60.2 Å². The zero-order valence-electron chi connectivity index (χ0n) is 58.6. The number of hydrogen-bond donors (Lipinski definition) is 9. The molecule has 16 nitrogen and oxygen atoms in total. The van der Waals surface area contributed by atoms with Gasteiger partial charge in [0.05, 0.1) is 63.1 Å². The minimum absolute atomic E-state index is 0.0466. The van der Waals surface area contributed by atoms with Gasteiger partial charge in [0.1, 0.15) is 6.10 Å². The van der Waals surface area contributed by atoms with E-state index in [0.717, 1.165) is 148 Å². The summed E-state index contributed by atoms with van der Waals surface area (Å²) in [5.41, 5.74) is -0.391. The van der Waals surface area contributed by atoms with E-state index in [-0.39, 0.29) is 123 Å². The smallest absolute Gasteiger partial charge is 0.305 e. The quantitative estimate of drug-likeness (QED) is 0.0612. The van der Waals surface area contributed by atoms with Crippen molar-refractivity contribution >= 4 is 23.9 Å². The Morgan fingerprint density at radius 2 is 0.728 bits per heavy atom. The molecule has 12 fully saturated rings. The number of carbonyl (C=O) groups excluding carboxylic acids is 3. The van der Waals surface area contributed by atoms with Crippen molar-refractivity contribution in [1.29, 1.82) is 0 Å². The van der Waals surface area contributed by atoms with Gasteiger partial charge in [-0.25, -0.2) is 0 Å². The lowest BCUT2D eigenvalue weighted by atomic mass is 9.43. The highest BCUT2D eigenvalue weighted by Crippen LogP contribution is 2.72. The molecule has 0 aromatic heterocycles. The third-order valence-electron chi connectivity index (χ3n) is 31.8. The van der Waals surface area contributed by atoms with E-state index in [0.29, 0.717) is 102 Å². The Bertz CT molecular complexity index is 2580. The maximum absolute atomic E-state index is 11.7. The van der Waals surface area contributed by atoms with Crippen LogP contribution in [0.25, 0.3) is 0 Å². The highest BCUT2D eigenvalue weighted by molar-refractivity contribution is 5.69. The van der Waals surface area contributed by atoms with E-state index in [1.165, 1.54) is 21.1 Å². The fourth-order valence-corrected chi connectivity index (χ4v) is 26.6. The van der Waals surface area contributed by atoms with Gasteiger partial charge in [0.25, 0.3) is 0 Å². The molecular weight excluding hydrogens is 1170 g/mol. The first kappa shape index (κ1) is 72.3.